The lowest BCUT2D eigenvalue weighted by Gasteiger charge is -2.53. The van der Waals surface area contributed by atoms with Crippen LogP contribution in [0.15, 0.2) is 48.5 Å². The highest BCUT2D eigenvalue weighted by Crippen LogP contribution is 2.38. The first-order chi connectivity index (χ1) is 16.7. The molecule has 1 aliphatic rings. The molecule has 2 aromatic carbocycles. The highest BCUT2D eigenvalue weighted by atomic mass is 16.6. The topological polar surface area (TPSA) is 99.0 Å². The van der Waals surface area contributed by atoms with Crippen LogP contribution < -0.4 is 0 Å². The van der Waals surface area contributed by atoms with Crippen molar-refractivity contribution in [1.29, 1.82) is 0 Å². The number of hydrogen-bond acceptors (Lipinski definition) is 7. The highest BCUT2D eigenvalue weighted by Gasteiger charge is 2.44. The van der Waals surface area contributed by atoms with Gasteiger partial charge in [0.25, 0.3) is 5.69 Å². The minimum atomic E-state index is -1.12. The molecule has 1 heterocycles. The molecule has 3 rings (SSSR count). The number of likely N-dealkylation sites (tertiary alicyclic amines) is 1. The van der Waals surface area contributed by atoms with E-state index in [1.54, 1.807) is 37.3 Å². The van der Waals surface area contributed by atoms with Crippen LogP contribution in [0.2, 0.25) is 0 Å². The smallest absolute Gasteiger partial charge is 0.339 e. The van der Waals surface area contributed by atoms with Crippen molar-refractivity contribution in [2.75, 3.05) is 7.05 Å². The maximum Gasteiger partial charge on any atom is 0.339 e. The number of non-ortho nitro benzene ring substituents is 1. The first kappa shape index (κ1) is 27.3. The van der Waals surface area contributed by atoms with Gasteiger partial charge in [-0.2, -0.15) is 0 Å². The lowest BCUT2D eigenvalue weighted by molar-refractivity contribution is -0.385. The first-order valence-corrected chi connectivity index (χ1v) is 12.2. The van der Waals surface area contributed by atoms with Crippen molar-refractivity contribution in [1.82, 2.24) is 4.90 Å². The summed E-state index contributed by atoms with van der Waals surface area (Å²) in [6.45, 7) is 12.0. The third-order valence-corrected chi connectivity index (χ3v) is 7.57. The van der Waals surface area contributed by atoms with E-state index in [1.165, 1.54) is 18.2 Å². The van der Waals surface area contributed by atoms with Crippen molar-refractivity contribution in [2.24, 2.45) is 0 Å². The van der Waals surface area contributed by atoms with Gasteiger partial charge >= 0.3 is 11.9 Å². The lowest BCUT2D eigenvalue weighted by Crippen LogP contribution is -2.60. The molecule has 2 aromatic rings. The molecular formula is C28H36N2O6. The van der Waals surface area contributed by atoms with E-state index in [9.17, 15) is 19.7 Å². The Morgan fingerprint density at radius 3 is 2.11 bits per heavy atom. The maximum atomic E-state index is 13.3. The van der Waals surface area contributed by atoms with Crippen LogP contribution in [0, 0.1) is 10.1 Å². The van der Waals surface area contributed by atoms with E-state index in [0.29, 0.717) is 24.8 Å². The molecule has 0 spiro atoms. The van der Waals surface area contributed by atoms with Gasteiger partial charge in [0.1, 0.15) is 11.7 Å². The second-order valence-corrected chi connectivity index (χ2v) is 10.9. The lowest BCUT2D eigenvalue weighted by atomic mass is 9.78. The van der Waals surface area contributed by atoms with Gasteiger partial charge in [0.05, 0.1) is 16.1 Å². The maximum absolute atomic E-state index is 13.3. The average molecular weight is 497 g/mol. The highest BCUT2D eigenvalue weighted by molar-refractivity contribution is 6.03. The average Bonchev–Trinajstić information content (AvgIpc) is 2.82. The third kappa shape index (κ3) is 5.59. The second kappa shape index (κ2) is 10.0. The Kier molecular flexibility index (Phi) is 7.60. The molecule has 0 amide bonds. The van der Waals surface area contributed by atoms with E-state index in [-0.39, 0.29) is 34.0 Å². The van der Waals surface area contributed by atoms with Gasteiger partial charge in [0.15, 0.2) is 0 Å². The molecule has 1 fully saturated rings. The van der Waals surface area contributed by atoms with Gasteiger partial charge in [-0.25, -0.2) is 9.59 Å². The van der Waals surface area contributed by atoms with Gasteiger partial charge in [0.2, 0.25) is 0 Å². The number of nitro benzene ring substituents is 1. The largest absolute Gasteiger partial charge is 0.459 e. The summed E-state index contributed by atoms with van der Waals surface area (Å²) in [7, 11) is 2.08. The Morgan fingerprint density at radius 2 is 1.58 bits per heavy atom. The molecule has 1 saturated heterocycles. The number of carbonyl (C=O) groups excluding carboxylic acids is 2. The number of ether oxygens (including phenoxy) is 2. The van der Waals surface area contributed by atoms with Crippen LogP contribution >= 0.6 is 0 Å². The van der Waals surface area contributed by atoms with Crippen molar-refractivity contribution < 1.29 is 24.0 Å². The molecule has 8 heteroatoms. The van der Waals surface area contributed by atoms with Crippen molar-refractivity contribution in [3.63, 3.8) is 0 Å². The number of benzene rings is 2. The molecular weight excluding hydrogens is 460 g/mol. The fourth-order valence-corrected chi connectivity index (χ4v) is 4.96. The quantitative estimate of drug-likeness (QED) is 0.268. The fraction of sp³-hybridized carbons (Fsp3) is 0.500. The first-order valence-electron chi connectivity index (χ1n) is 12.2. The van der Waals surface area contributed by atoms with Crippen LogP contribution in [-0.4, -0.2) is 46.0 Å². The number of hydrogen-bond donors (Lipinski definition) is 0. The predicted octanol–water partition coefficient (Wildman–Crippen LogP) is 5.89. The Bertz CT molecular complexity index is 1140. The summed E-state index contributed by atoms with van der Waals surface area (Å²) in [5.74, 6) is -1.26. The zero-order valence-electron chi connectivity index (χ0n) is 22.2. The molecule has 36 heavy (non-hydrogen) atoms. The van der Waals surface area contributed by atoms with Gasteiger partial charge in [-0.15, -0.1) is 0 Å². The standard InChI is InChI=1S/C28H36N2O6/c1-8-28(6,19-12-11-13-20(16-19)30(33)34)36-25(32)23-15-10-9-14-22(23)24(31)35-21-17-26(2,3)29(7)27(4,5)18-21/h9-16,21H,8,17-18H2,1-7H3. The van der Waals surface area contributed by atoms with Crippen LogP contribution in [-0.2, 0) is 15.1 Å². The molecule has 194 valence electrons. The Hall–Kier alpha value is -3.26. The van der Waals surface area contributed by atoms with Gasteiger partial charge < -0.3 is 9.47 Å². The van der Waals surface area contributed by atoms with Crippen molar-refractivity contribution in [3.8, 4) is 0 Å². The number of nitrogens with zero attached hydrogens (tertiary/aromatic N) is 2. The van der Waals surface area contributed by atoms with Crippen LogP contribution in [0.4, 0.5) is 5.69 Å². The Morgan fingerprint density at radius 1 is 1.03 bits per heavy atom. The number of nitro groups is 1. The van der Waals surface area contributed by atoms with Crippen molar-refractivity contribution >= 4 is 17.6 Å². The summed E-state index contributed by atoms with van der Waals surface area (Å²) >= 11 is 0. The Labute approximate surface area is 212 Å². The van der Waals surface area contributed by atoms with E-state index >= 15 is 0 Å². The van der Waals surface area contributed by atoms with E-state index in [4.69, 9.17) is 9.47 Å². The monoisotopic (exact) mass is 496 g/mol. The summed E-state index contributed by atoms with van der Waals surface area (Å²) in [5.41, 5.74) is -0.797. The minimum Gasteiger partial charge on any atom is -0.459 e. The Balaban J connectivity index is 1.84. The fourth-order valence-electron chi connectivity index (χ4n) is 4.96. The second-order valence-electron chi connectivity index (χ2n) is 10.9. The van der Waals surface area contributed by atoms with E-state index in [0.717, 1.165) is 0 Å². The van der Waals surface area contributed by atoms with Gasteiger partial charge in [-0.3, -0.25) is 15.0 Å². The molecule has 0 radical (unpaired) electrons. The minimum absolute atomic E-state index is 0.0869. The summed E-state index contributed by atoms with van der Waals surface area (Å²) in [4.78, 5) is 39.6. The van der Waals surface area contributed by atoms with E-state index in [2.05, 4.69) is 39.6 Å². The van der Waals surface area contributed by atoms with Crippen LogP contribution in [0.1, 0.15) is 87.1 Å². The van der Waals surface area contributed by atoms with Crippen molar-refractivity contribution in [3.05, 3.63) is 75.3 Å². The predicted molar refractivity (Wildman–Crippen MR) is 137 cm³/mol. The van der Waals surface area contributed by atoms with Gasteiger partial charge in [-0.1, -0.05) is 31.2 Å². The third-order valence-electron chi connectivity index (χ3n) is 7.57. The van der Waals surface area contributed by atoms with Crippen LogP contribution in [0.5, 0.6) is 0 Å². The number of esters is 2. The molecule has 0 aromatic heterocycles. The molecule has 1 aliphatic heterocycles. The van der Waals surface area contributed by atoms with Crippen molar-refractivity contribution in [2.45, 2.75) is 83.6 Å². The number of rotatable bonds is 7. The molecule has 8 nitrogen and oxygen atoms in total. The molecule has 0 saturated carbocycles. The SMILES string of the molecule is CCC(C)(OC(=O)c1ccccc1C(=O)OC1CC(C)(C)N(C)C(C)(C)C1)c1cccc([N+](=O)[O-])c1. The number of piperidine rings is 1. The van der Waals surface area contributed by atoms with Gasteiger partial charge in [-0.05, 0) is 60.2 Å². The summed E-state index contributed by atoms with van der Waals surface area (Å²) in [6.07, 6.45) is 1.43. The van der Waals surface area contributed by atoms with E-state index in [1.807, 2.05) is 6.92 Å². The normalized spacial score (nSPS) is 19.2. The molecule has 0 N–H and O–H groups in total. The summed E-state index contributed by atoms with van der Waals surface area (Å²) in [6, 6.07) is 12.5. The van der Waals surface area contributed by atoms with Crippen LogP contribution in [0.25, 0.3) is 0 Å². The zero-order valence-corrected chi connectivity index (χ0v) is 22.2. The molecule has 1 atom stereocenters. The molecule has 0 aliphatic carbocycles. The molecule has 0 bridgehead atoms. The molecule has 1 unspecified atom stereocenters. The van der Waals surface area contributed by atoms with Gasteiger partial charge in [0, 0.05) is 41.6 Å². The number of carbonyl (C=O) groups is 2. The summed E-state index contributed by atoms with van der Waals surface area (Å²) in [5, 5.41) is 11.2. The summed E-state index contributed by atoms with van der Waals surface area (Å²) < 4.78 is 11.8. The zero-order chi connectivity index (χ0) is 26.9. The van der Waals surface area contributed by atoms with E-state index < -0.39 is 22.5 Å². The van der Waals surface area contributed by atoms with Crippen LogP contribution in [0.3, 0.4) is 0 Å².